The van der Waals surface area contributed by atoms with Crippen LogP contribution in [-0.2, 0) is 4.79 Å². The maximum absolute atomic E-state index is 13.2. The maximum Gasteiger partial charge on any atom is 0.240 e. The van der Waals surface area contributed by atoms with Gasteiger partial charge >= 0.3 is 0 Å². The highest BCUT2D eigenvalue weighted by atomic mass is 19.1. The average molecular weight is 278 g/mol. The van der Waals surface area contributed by atoms with Crippen LogP contribution in [0.3, 0.4) is 0 Å². The third-order valence-corrected chi connectivity index (χ3v) is 4.18. The lowest BCUT2D eigenvalue weighted by molar-refractivity contribution is -0.128. The number of hydrogen-bond acceptors (Lipinski definition) is 2. The summed E-state index contributed by atoms with van der Waals surface area (Å²) in [5.41, 5.74) is 6.24. The van der Waals surface area contributed by atoms with Gasteiger partial charge in [0.25, 0.3) is 0 Å². The highest BCUT2D eigenvalue weighted by molar-refractivity contribution is 5.86. The molecule has 3 N–H and O–H groups in total. The Balaban J connectivity index is 2.03. The number of halogens is 1. The lowest BCUT2D eigenvalue weighted by Gasteiger charge is -2.36. The highest BCUT2D eigenvalue weighted by Gasteiger charge is 2.38. The number of amides is 1. The standard InChI is InChI=1S/C16H23FN2O/c1-11-5-4-8-16(18,10-11)15(20)19-12(2)13-6-3-7-14(17)9-13/h3,6-7,9,11-12H,4-5,8,10,18H2,1-2H3,(H,19,20)/t11?,12-,16?/m1/s1. The van der Waals surface area contributed by atoms with Crippen molar-refractivity contribution < 1.29 is 9.18 Å². The van der Waals surface area contributed by atoms with Gasteiger partial charge in [0, 0.05) is 0 Å². The van der Waals surface area contributed by atoms with Gasteiger partial charge in [-0.05, 0) is 43.4 Å². The molecule has 110 valence electrons. The van der Waals surface area contributed by atoms with Crippen molar-refractivity contribution in [3.8, 4) is 0 Å². The summed E-state index contributed by atoms with van der Waals surface area (Å²) in [4.78, 5) is 12.4. The molecule has 1 saturated carbocycles. The number of nitrogens with one attached hydrogen (secondary N) is 1. The lowest BCUT2D eigenvalue weighted by atomic mass is 9.76. The van der Waals surface area contributed by atoms with Crippen LogP contribution in [0.1, 0.15) is 51.1 Å². The molecule has 0 saturated heterocycles. The van der Waals surface area contributed by atoms with Gasteiger partial charge in [0.05, 0.1) is 11.6 Å². The number of benzene rings is 1. The van der Waals surface area contributed by atoms with E-state index in [0.717, 1.165) is 24.8 Å². The molecule has 0 aliphatic heterocycles. The van der Waals surface area contributed by atoms with Crippen LogP contribution in [0.15, 0.2) is 24.3 Å². The van der Waals surface area contributed by atoms with Gasteiger partial charge in [0.2, 0.25) is 5.91 Å². The van der Waals surface area contributed by atoms with E-state index >= 15 is 0 Å². The minimum Gasteiger partial charge on any atom is -0.348 e. The number of carbonyl (C=O) groups excluding carboxylic acids is 1. The Bertz CT molecular complexity index is 491. The number of nitrogens with two attached hydrogens (primary N) is 1. The Morgan fingerprint density at radius 2 is 2.30 bits per heavy atom. The van der Waals surface area contributed by atoms with Crippen molar-refractivity contribution in [3.05, 3.63) is 35.6 Å². The maximum atomic E-state index is 13.2. The van der Waals surface area contributed by atoms with Crippen molar-refractivity contribution in [1.29, 1.82) is 0 Å². The minimum absolute atomic E-state index is 0.124. The molecule has 1 aliphatic carbocycles. The Kier molecular flexibility index (Phi) is 4.43. The first-order valence-corrected chi connectivity index (χ1v) is 7.26. The second-order valence-corrected chi connectivity index (χ2v) is 6.11. The molecule has 1 aromatic carbocycles. The molecule has 3 atom stereocenters. The van der Waals surface area contributed by atoms with E-state index in [1.54, 1.807) is 12.1 Å². The number of rotatable bonds is 3. The molecule has 0 radical (unpaired) electrons. The first kappa shape index (κ1) is 15.0. The molecular formula is C16H23FN2O. The van der Waals surface area contributed by atoms with Gasteiger partial charge in [0.15, 0.2) is 0 Å². The van der Waals surface area contributed by atoms with E-state index in [-0.39, 0.29) is 17.8 Å². The third kappa shape index (κ3) is 3.37. The molecule has 2 unspecified atom stereocenters. The Hall–Kier alpha value is -1.42. The largest absolute Gasteiger partial charge is 0.348 e. The SMILES string of the molecule is CC1CCCC(N)(C(=O)N[C@H](C)c2cccc(F)c2)C1. The Morgan fingerprint density at radius 3 is 2.95 bits per heavy atom. The zero-order valence-electron chi connectivity index (χ0n) is 12.2. The first-order chi connectivity index (χ1) is 9.40. The second-order valence-electron chi connectivity index (χ2n) is 6.11. The third-order valence-electron chi connectivity index (χ3n) is 4.18. The van der Waals surface area contributed by atoms with E-state index in [1.807, 2.05) is 6.92 Å². The zero-order valence-corrected chi connectivity index (χ0v) is 12.2. The molecule has 2 rings (SSSR count). The fourth-order valence-electron chi connectivity index (χ4n) is 3.00. The monoisotopic (exact) mass is 278 g/mol. The fraction of sp³-hybridized carbons (Fsp3) is 0.562. The fourth-order valence-corrected chi connectivity index (χ4v) is 3.00. The van der Waals surface area contributed by atoms with E-state index < -0.39 is 5.54 Å². The molecule has 1 aliphatic rings. The average Bonchev–Trinajstić information content (AvgIpc) is 2.38. The summed E-state index contributed by atoms with van der Waals surface area (Å²) in [5.74, 6) is 0.0575. The molecule has 0 bridgehead atoms. The van der Waals surface area contributed by atoms with Crippen LogP contribution in [0.5, 0.6) is 0 Å². The summed E-state index contributed by atoms with van der Waals surface area (Å²) >= 11 is 0. The molecule has 0 aromatic heterocycles. The predicted molar refractivity (Wildman–Crippen MR) is 77.5 cm³/mol. The van der Waals surface area contributed by atoms with Gasteiger partial charge in [-0.1, -0.05) is 31.9 Å². The molecule has 4 heteroatoms. The topological polar surface area (TPSA) is 55.1 Å². The van der Waals surface area contributed by atoms with Crippen molar-refractivity contribution in [1.82, 2.24) is 5.32 Å². The lowest BCUT2D eigenvalue weighted by Crippen LogP contribution is -2.56. The minimum atomic E-state index is -0.779. The highest BCUT2D eigenvalue weighted by Crippen LogP contribution is 2.31. The predicted octanol–water partition coefficient (Wildman–Crippen LogP) is 2.91. The quantitative estimate of drug-likeness (QED) is 0.893. The summed E-state index contributed by atoms with van der Waals surface area (Å²) in [6.07, 6.45) is 3.55. The molecule has 0 heterocycles. The van der Waals surface area contributed by atoms with Gasteiger partial charge < -0.3 is 11.1 Å². The van der Waals surface area contributed by atoms with Crippen LogP contribution < -0.4 is 11.1 Å². The molecule has 1 aromatic rings. The van der Waals surface area contributed by atoms with Crippen molar-refractivity contribution in [3.63, 3.8) is 0 Å². The van der Waals surface area contributed by atoms with Crippen molar-refractivity contribution >= 4 is 5.91 Å². The molecule has 0 spiro atoms. The van der Waals surface area contributed by atoms with Gasteiger partial charge in [-0.3, -0.25) is 4.79 Å². The smallest absolute Gasteiger partial charge is 0.240 e. The normalized spacial score (nSPS) is 27.9. The van der Waals surface area contributed by atoms with Gasteiger partial charge in [0.1, 0.15) is 5.82 Å². The van der Waals surface area contributed by atoms with Crippen LogP contribution in [0, 0.1) is 11.7 Å². The van der Waals surface area contributed by atoms with Crippen LogP contribution in [0.4, 0.5) is 4.39 Å². The summed E-state index contributed by atoms with van der Waals surface area (Å²) in [7, 11) is 0. The van der Waals surface area contributed by atoms with Crippen LogP contribution >= 0.6 is 0 Å². The second kappa shape index (κ2) is 5.92. The molecule has 20 heavy (non-hydrogen) atoms. The zero-order chi connectivity index (χ0) is 14.8. The Labute approximate surface area is 119 Å². The van der Waals surface area contributed by atoms with Gasteiger partial charge in [-0.15, -0.1) is 0 Å². The van der Waals surface area contributed by atoms with Crippen LogP contribution in [0.2, 0.25) is 0 Å². The summed E-state index contributed by atoms with van der Waals surface area (Å²) < 4.78 is 13.2. The van der Waals surface area contributed by atoms with Crippen LogP contribution in [0.25, 0.3) is 0 Å². The summed E-state index contributed by atoms with van der Waals surface area (Å²) in [5, 5.41) is 2.92. The molecular weight excluding hydrogens is 255 g/mol. The van der Waals surface area contributed by atoms with Gasteiger partial charge in [-0.2, -0.15) is 0 Å². The van der Waals surface area contributed by atoms with E-state index in [2.05, 4.69) is 12.2 Å². The van der Waals surface area contributed by atoms with Crippen molar-refractivity contribution in [2.75, 3.05) is 0 Å². The number of hydrogen-bond donors (Lipinski definition) is 2. The van der Waals surface area contributed by atoms with E-state index in [0.29, 0.717) is 12.3 Å². The first-order valence-electron chi connectivity index (χ1n) is 7.26. The molecule has 1 fully saturated rings. The molecule has 3 nitrogen and oxygen atoms in total. The van der Waals surface area contributed by atoms with Crippen molar-refractivity contribution in [2.24, 2.45) is 11.7 Å². The molecule has 1 amide bonds. The van der Waals surface area contributed by atoms with E-state index in [1.165, 1.54) is 12.1 Å². The van der Waals surface area contributed by atoms with Crippen LogP contribution in [-0.4, -0.2) is 11.4 Å². The number of carbonyl (C=O) groups is 1. The Morgan fingerprint density at radius 1 is 1.55 bits per heavy atom. The summed E-state index contributed by atoms with van der Waals surface area (Å²) in [6.45, 7) is 3.98. The van der Waals surface area contributed by atoms with E-state index in [4.69, 9.17) is 5.73 Å². The van der Waals surface area contributed by atoms with Crippen molar-refractivity contribution in [2.45, 2.75) is 51.1 Å². The van der Waals surface area contributed by atoms with Gasteiger partial charge in [-0.25, -0.2) is 4.39 Å². The van der Waals surface area contributed by atoms with E-state index in [9.17, 15) is 9.18 Å². The summed E-state index contributed by atoms with van der Waals surface area (Å²) in [6, 6.07) is 6.05.